The van der Waals surface area contributed by atoms with Gasteiger partial charge in [0.05, 0.1) is 6.10 Å². The molecule has 1 atom stereocenters. The summed E-state index contributed by atoms with van der Waals surface area (Å²) in [6, 6.07) is 0. The monoisotopic (exact) mass is 187 g/mol. The van der Waals surface area contributed by atoms with Gasteiger partial charge in [0.15, 0.2) is 0 Å². The Kier molecular flexibility index (Phi) is 2.63. The van der Waals surface area contributed by atoms with Gasteiger partial charge in [0.1, 0.15) is 0 Å². The zero-order chi connectivity index (χ0) is 8.44. The van der Waals surface area contributed by atoms with Crippen LogP contribution in [0.4, 0.5) is 0 Å². The largest absolute Gasteiger partial charge is 0.391 e. The fraction of sp³-hybridized carbons (Fsp3) is 1.00. The highest BCUT2D eigenvalue weighted by atomic mass is 32.2. The van der Waals surface area contributed by atoms with E-state index in [-0.39, 0.29) is 11.6 Å². The van der Waals surface area contributed by atoms with Gasteiger partial charge >= 0.3 is 0 Å². The molecule has 2 aliphatic rings. The molecule has 2 fully saturated rings. The van der Waals surface area contributed by atoms with Crippen molar-refractivity contribution in [1.82, 2.24) is 5.32 Å². The first-order valence-electron chi connectivity index (χ1n) is 4.84. The standard InChI is InChI=1S/C9H17NOS/c11-8-2-1-5-10-9(8)3-6-12-7-4-9/h8,10-11H,1-7H2. The molecule has 0 saturated carbocycles. The van der Waals surface area contributed by atoms with Crippen LogP contribution >= 0.6 is 11.8 Å². The maximum absolute atomic E-state index is 9.91. The Bertz CT molecular complexity index is 148. The molecule has 0 aromatic carbocycles. The number of hydrogen-bond donors (Lipinski definition) is 2. The first-order valence-corrected chi connectivity index (χ1v) is 6.00. The molecule has 0 aliphatic carbocycles. The summed E-state index contributed by atoms with van der Waals surface area (Å²) in [4.78, 5) is 0. The Morgan fingerprint density at radius 1 is 1.33 bits per heavy atom. The highest BCUT2D eigenvalue weighted by Gasteiger charge is 2.40. The first-order chi connectivity index (χ1) is 5.83. The maximum atomic E-state index is 9.91. The minimum Gasteiger partial charge on any atom is -0.391 e. The van der Waals surface area contributed by atoms with Gasteiger partial charge in [-0.25, -0.2) is 0 Å². The van der Waals surface area contributed by atoms with Gasteiger partial charge in [0.25, 0.3) is 0 Å². The maximum Gasteiger partial charge on any atom is 0.0722 e. The van der Waals surface area contributed by atoms with E-state index < -0.39 is 0 Å². The summed E-state index contributed by atoms with van der Waals surface area (Å²) in [5, 5.41) is 13.4. The second-order valence-electron chi connectivity index (χ2n) is 3.85. The van der Waals surface area contributed by atoms with E-state index >= 15 is 0 Å². The van der Waals surface area contributed by atoms with E-state index in [2.05, 4.69) is 5.32 Å². The van der Waals surface area contributed by atoms with Crippen LogP contribution in [0.3, 0.4) is 0 Å². The van der Waals surface area contributed by atoms with E-state index in [0.717, 1.165) is 32.2 Å². The molecule has 2 aliphatic heterocycles. The Labute approximate surface area is 78.1 Å². The number of piperidine rings is 1. The Morgan fingerprint density at radius 3 is 2.75 bits per heavy atom. The fourth-order valence-corrected chi connectivity index (χ4v) is 3.49. The summed E-state index contributed by atoms with van der Waals surface area (Å²) in [6.07, 6.45) is 4.35. The van der Waals surface area contributed by atoms with Crippen LogP contribution in [0.1, 0.15) is 25.7 Å². The summed E-state index contributed by atoms with van der Waals surface area (Å²) >= 11 is 2.01. The van der Waals surface area contributed by atoms with Crippen LogP contribution in [0, 0.1) is 0 Å². The second kappa shape index (κ2) is 3.56. The predicted octanol–water partition coefficient (Wildman–Crippen LogP) is 0.996. The molecular weight excluding hydrogens is 170 g/mol. The Morgan fingerprint density at radius 2 is 2.08 bits per heavy atom. The third kappa shape index (κ3) is 1.50. The zero-order valence-electron chi connectivity index (χ0n) is 7.38. The van der Waals surface area contributed by atoms with E-state index in [4.69, 9.17) is 0 Å². The SMILES string of the molecule is OC1CCCNC12CCSCC2. The van der Waals surface area contributed by atoms with Crippen molar-refractivity contribution in [2.75, 3.05) is 18.1 Å². The molecule has 2 rings (SSSR count). The van der Waals surface area contributed by atoms with Gasteiger partial charge in [-0.3, -0.25) is 0 Å². The molecule has 12 heavy (non-hydrogen) atoms. The average molecular weight is 187 g/mol. The summed E-state index contributed by atoms with van der Waals surface area (Å²) in [7, 11) is 0. The summed E-state index contributed by atoms with van der Waals surface area (Å²) < 4.78 is 0. The number of aliphatic hydroxyl groups is 1. The van der Waals surface area contributed by atoms with E-state index in [0.29, 0.717) is 0 Å². The zero-order valence-corrected chi connectivity index (χ0v) is 8.20. The number of aliphatic hydroxyl groups excluding tert-OH is 1. The molecule has 0 aromatic rings. The lowest BCUT2D eigenvalue weighted by Crippen LogP contribution is -2.59. The van der Waals surface area contributed by atoms with Gasteiger partial charge in [-0.15, -0.1) is 0 Å². The van der Waals surface area contributed by atoms with Gasteiger partial charge in [-0.2, -0.15) is 11.8 Å². The fourth-order valence-electron chi connectivity index (χ4n) is 2.27. The molecule has 2 heterocycles. The smallest absolute Gasteiger partial charge is 0.0722 e. The van der Waals surface area contributed by atoms with E-state index in [1.165, 1.54) is 11.5 Å². The molecule has 1 spiro atoms. The number of nitrogens with one attached hydrogen (secondary N) is 1. The van der Waals surface area contributed by atoms with E-state index in [9.17, 15) is 5.11 Å². The van der Waals surface area contributed by atoms with Crippen molar-refractivity contribution in [1.29, 1.82) is 0 Å². The topological polar surface area (TPSA) is 32.3 Å². The molecule has 3 heteroatoms. The molecule has 2 N–H and O–H groups in total. The van der Waals surface area contributed by atoms with Crippen molar-refractivity contribution in [3.63, 3.8) is 0 Å². The van der Waals surface area contributed by atoms with Crippen molar-refractivity contribution in [2.24, 2.45) is 0 Å². The van der Waals surface area contributed by atoms with Gasteiger partial charge in [-0.05, 0) is 43.7 Å². The van der Waals surface area contributed by atoms with Crippen LogP contribution in [0.25, 0.3) is 0 Å². The van der Waals surface area contributed by atoms with Crippen molar-refractivity contribution in [3.05, 3.63) is 0 Å². The predicted molar refractivity (Wildman–Crippen MR) is 52.5 cm³/mol. The highest BCUT2D eigenvalue weighted by Crippen LogP contribution is 2.33. The van der Waals surface area contributed by atoms with Crippen molar-refractivity contribution >= 4 is 11.8 Å². The van der Waals surface area contributed by atoms with Crippen molar-refractivity contribution in [2.45, 2.75) is 37.3 Å². The molecule has 0 bridgehead atoms. The van der Waals surface area contributed by atoms with Crippen LogP contribution in [-0.2, 0) is 0 Å². The molecule has 0 radical (unpaired) electrons. The molecule has 0 amide bonds. The third-order valence-electron chi connectivity index (χ3n) is 3.15. The van der Waals surface area contributed by atoms with Crippen molar-refractivity contribution < 1.29 is 5.11 Å². The van der Waals surface area contributed by atoms with Crippen LogP contribution in [0.5, 0.6) is 0 Å². The van der Waals surface area contributed by atoms with Crippen LogP contribution in [-0.4, -0.2) is 34.8 Å². The van der Waals surface area contributed by atoms with Crippen LogP contribution in [0.2, 0.25) is 0 Å². The Hall–Kier alpha value is 0.270. The normalized spacial score (nSPS) is 35.2. The molecule has 70 valence electrons. The van der Waals surface area contributed by atoms with Gasteiger partial charge in [0, 0.05) is 5.54 Å². The summed E-state index contributed by atoms with van der Waals surface area (Å²) in [6.45, 7) is 1.10. The quantitative estimate of drug-likeness (QED) is 0.593. The molecule has 2 nitrogen and oxygen atoms in total. The van der Waals surface area contributed by atoms with E-state index in [1.54, 1.807) is 0 Å². The van der Waals surface area contributed by atoms with E-state index in [1.807, 2.05) is 11.8 Å². The lowest BCUT2D eigenvalue weighted by atomic mass is 9.81. The molecule has 2 saturated heterocycles. The van der Waals surface area contributed by atoms with Crippen LogP contribution in [0.15, 0.2) is 0 Å². The summed E-state index contributed by atoms with van der Waals surface area (Å²) in [5.74, 6) is 2.42. The molecule has 1 unspecified atom stereocenters. The number of rotatable bonds is 0. The average Bonchev–Trinajstić information content (AvgIpc) is 2.12. The third-order valence-corrected chi connectivity index (χ3v) is 4.14. The second-order valence-corrected chi connectivity index (χ2v) is 5.08. The lowest BCUT2D eigenvalue weighted by Gasteiger charge is -2.44. The first kappa shape index (κ1) is 8.85. The minimum absolute atomic E-state index is 0.0906. The minimum atomic E-state index is -0.0906. The Balaban J connectivity index is 2.04. The van der Waals surface area contributed by atoms with Crippen molar-refractivity contribution in [3.8, 4) is 0 Å². The van der Waals surface area contributed by atoms with Gasteiger partial charge < -0.3 is 10.4 Å². The molecule has 0 aromatic heterocycles. The number of thioether (sulfide) groups is 1. The number of hydrogen-bond acceptors (Lipinski definition) is 3. The highest BCUT2D eigenvalue weighted by molar-refractivity contribution is 7.99. The van der Waals surface area contributed by atoms with Crippen LogP contribution < -0.4 is 5.32 Å². The molecular formula is C9H17NOS. The summed E-state index contributed by atoms with van der Waals surface area (Å²) in [5.41, 5.74) is 0.101. The lowest BCUT2D eigenvalue weighted by molar-refractivity contribution is 0.0247. The van der Waals surface area contributed by atoms with Gasteiger partial charge in [-0.1, -0.05) is 0 Å². The van der Waals surface area contributed by atoms with Gasteiger partial charge in [0.2, 0.25) is 0 Å².